The fourth-order valence-corrected chi connectivity index (χ4v) is 1.88. The van der Waals surface area contributed by atoms with Crippen molar-refractivity contribution in [1.82, 2.24) is 4.98 Å². The first kappa shape index (κ1) is 10.9. The number of nitrogens with zero attached hydrogens (tertiary/aromatic N) is 1. The highest BCUT2D eigenvalue weighted by Crippen LogP contribution is 2.34. The largest absolute Gasteiger partial charge is 0.394 e. The lowest BCUT2D eigenvalue weighted by molar-refractivity contribution is 0.0999. The Morgan fingerprint density at radius 1 is 1.62 bits per heavy atom. The number of anilines is 1. The highest BCUT2D eigenvalue weighted by Gasteiger charge is 2.37. The number of rotatable bonds is 4. The van der Waals surface area contributed by atoms with Crippen LogP contribution in [0.3, 0.4) is 0 Å². The maximum Gasteiger partial charge on any atom is 0.252 e. The summed E-state index contributed by atoms with van der Waals surface area (Å²) in [6.45, 7) is 0.0434. The first-order chi connectivity index (χ1) is 7.67. The number of pyridine rings is 1. The number of hydrogen-bond acceptors (Lipinski definition) is 4. The molecule has 1 fully saturated rings. The minimum atomic E-state index is -0.511. The Balaban J connectivity index is 2.23. The maximum atomic E-state index is 11.2. The number of nitrogens with one attached hydrogen (secondary N) is 1. The highest BCUT2D eigenvalue weighted by atomic mass is 16.3. The summed E-state index contributed by atoms with van der Waals surface area (Å²) in [6, 6.07) is 3.29. The molecule has 5 nitrogen and oxygen atoms in total. The first-order valence-electron chi connectivity index (χ1n) is 5.31. The average molecular weight is 221 g/mol. The summed E-state index contributed by atoms with van der Waals surface area (Å²) in [4.78, 5) is 15.3. The Morgan fingerprint density at radius 3 is 2.88 bits per heavy atom. The second-order valence-electron chi connectivity index (χ2n) is 4.18. The maximum absolute atomic E-state index is 11.2. The molecule has 0 radical (unpaired) electrons. The van der Waals surface area contributed by atoms with Crippen molar-refractivity contribution in [2.24, 2.45) is 5.73 Å². The molecule has 1 amide bonds. The van der Waals surface area contributed by atoms with E-state index in [4.69, 9.17) is 5.73 Å². The molecule has 0 aromatic carbocycles. The van der Waals surface area contributed by atoms with Crippen LogP contribution < -0.4 is 11.1 Å². The number of hydrogen-bond donors (Lipinski definition) is 3. The molecular formula is C11H15N3O2. The van der Waals surface area contributed by atoms with Crippen LogP contribution in [0.2, 0.25) is 0 Å². The molecule has 2 rings (SSSR count). The normalized spacial score (nSPS) is 17.6. The molecule has 0 bridgehead atoms. The van der Waals surface area contributed by atoms with Gasteiger partial charge in [0.2, 0.25) is 0 Å². The molecule has 1 heterocycles. The van der Waals surface area contributed by atoms with E-state index in [0.717, 1.165) is 19.3 Å². The summed E-state index contributed by atoms with van der Waals surface area (Å²) in [5.41, 5.74) is 5.30. The smallest absolute Gasteiger partial charge is 0.252 e. The van der Waals surface area contributed by atoms with E-state index in [0.29, 0.717) is 11.4 Å². The van der Waals surface area contributed by atoms with Crippen LogP contribution in [0.15, 0.2) is 18.3 Å². The van der Waals surface area contributed by atoms with Gasteiger partial charge in [0.25, 0.3) is 5.91 Å². The third-order valence-corrected chi connectivity index (χ3v) is 3.07. The van der Waals surface area contributed by atoms with Crippen molar-refractivity contribution in [3.8, 4) is 0 Å². The number of nitrogens with two attached hydrogens (primary N) is 1. The van der Waals surface area contributed by atoms with Crippen LogP contribution in [-0.2, 0) is 0 Å². The van der Waals surface area contributed by atoms with E-state index in [1.807, 2.05) is 0 Å². The van der Waals surface area contributed by atoms with Crippen LogP contribution in [0.25, 0.3) is 0 Å². The van der Waals surface area contributed by atoms with Crippen molar-refractivity contribution in [1.29, 1.82) is 0 Å². The van der Waals surface area contributed by atoms with Crippen LogP contribution in [0.4, 0.5) is 5.82 Å². The summed E-state index contributed by atoms with van der Waals surface area (Å²) >= 11 is 0. The number of aromatic nitrogens is 1. The van der Waals surface area contributed by atoms with Crippen molar-refractivity contribution in [3.63, 3.8) is 0 Å². The number of amides is 1. The van der Waals surface area contributed by atoms with E-state index in [9.17, 15) is 9.90 Å². The predicted octanol–water partition coefficient (Wildman–Crippen LogP) is 0.507. The molecule has 1 aromatic heterocycles. The molecule has 5 heteroatoms. The van der Waals surface area contributed by atoms with Gasteiger partial charge in [0, 0.05) is 6.20 Å². The fraction of sp³-hybridized carbons (Fsp3) is 0.455. The van der Waals surface area contributed by atoms with E-state index >= 15 is 0 Å². The lowest BCUT2D eigenvalue weighted by atomic mass is 9.77. The second-order valence-corrected chi connectivity index (χ2v) is 4.18. The number of carbonyl (C=O) groups is 1. The quantitative estimate of drug-likeness (QED) is 0.691. The topological polar surface area (TPSA) is 88.2 Å². The zero-order valence-corrected chi connectivity index (χ0v) is 8.94. The Kier molecular flexibility index (Phi) is 2.78. The van der Waals surface area contributed by atoms with Crippen molar-refractivity contribution < 1.29 is 9.90 Å². The van der Waals surface area contributed by atoms with Crippen LogP contribution in [0.1, 0.15) is 29.6 Å². The monoisotopic (exact) mass is 221 g/mol. The van der Waals surface area contributed by atoms with Gasteiger partial charge in [0.15, 0.2) is 0 Å². The third kappa shape index (κ3) is 1.86. The summed E-state index contributed by atoms with van der Waals surface area (Å²) < 4.78 is 0. The number of carbonyl (C=O) groups excluding carboxylic acids is 1. The standard InChI is InChI=1S/C11H15N3O2/c12-9(16)8-3-1-6-13-10(8)14-11(7-15)4-2-5-11/h1,3,6,15H,2,4-5,7H2,(H2,12,16)(H,13,14). The average Bonchev–Trinajstić information content (AvgIpc) is 2.24. The summed E-state index contributed by atoms with van der Waals surface area (Å²) in [5, 5.41) is 12.5. The molecule has 1 aromatic rings. The zero-order valence-electron chi connectivity index (χ0n) is 8.94. The van der Waals surface area contributed by atoms with E-state index in [2.05, 4.69) is 10.3 Å². The van der Waals surface area contributed by atoms with Crippen molar-refractivity contribution in [3.05, 3.63) is 23.9 Å². The molecule has 0 saturated heterocycles. The van der Waals surface area contributed by atoms with E-state index in [1.54, 1.807) is 18.3 Å². The zero-order chi connectivity index (χ0) is 11.6. The first-order valence-corrected chi connectivity index (χ1v) is 5.31. The van der Waals surface area contributed by atoms with Gasteiger partial charge in [0.05, 0.1) is 17.7 Å². The molecule has 0 aliphatic heterocycles. The van der Waals surface area contributed by atoms with Crippen LogP contribution in [0, 0.1) is 0 Å². The van der Waals surface area contributed by atoms with Gasteiger partial charge in [-0.05, 0) is 31.4 Å². The summed E-state index contributed by atoms with van der Waals surface area (Å²) in [6.07, 6.45) is 4.45. The minimum absolute atomic E-state index is 0.0434. The van der Waals surface area contributed by atoms with Gasteiger partial charge in [-0.25, -0.2) is 4.98 Å². The van der Waals surface area contributed by atoms with Crippen molar-refractivity contribution in [2.45, 2.75) is 24.8 Å². The number of aliphatic hydroxyl groups excluding tert-OH is 1. The molecule has 16 heavy (non-hydrogen) atoms. The molecule has 1 saturated carbocycles. The summed E-state index contributed by atoms with van der Waals surface area (Å²) in [5.74, 6) is -0.0493. The van der Waals surface area contributed by atoms with Crippen LogP contribution >= 0.6 is 0 Å². The Morgan fingerprint density at radius 2 is 2.38 bits per heavy atom. The fourth-order valence-electron chi connectivity index (χ4n) is 1.88. The van der Waals surface area contributed by atoms with Crippen LogP contribution in [0.5, 0.6) is 0 Å². The van der Waals surface area contributed by atoms with Gasteiger partial charge in [-0.1, -0.05) is 0 Å². The van der Waals surface area contributed by atoms with Crippen molar-refractivity contribution >= 4 is 11.7 Å². The number of primary amides is 1. The number of aliphatic hydroxyl groups is 1. The van der Waals surface area contributed by atoms with Gasteiger partial charge in [-0.2, -0.15) is 0 Å². The van der Waals surface area contributed by atoms with Gasteiger partial charge < -0.3 is 16.2 Å². The Hall–Kier alpha value is -1.62. The van der Waals surface area contributed by atoms with E-state index in [-0.39, 0.29) is 12.1 Å². The van der Waals surface area contributed by atoms with Gasteiger partial charge >= 0.3 is 0 Å². The Bertz CT molecular complexity index is 396. The lowest BCUT2D eigenvalue weighted by Crippen LogP contribution is -2.48. The van der Waals surface area contributed by atoms with Gasteiger partial charge in [0.1, 0.15) is 5.82 Å². The minimum Gasteiger partial charge on any atom is -0.394 e. The van der Waals surface area contributed by atoms with E-state index < -0.39 is 5.91 Å². The molecule has 1 aliphatic carbocycles. The molecule has 86 valence electrons. The predicted molar refractivity (Wildman–Crippen MR) is 60.0 cm³/mol. The third-order valence-electron chi connectivity index (χ3n) is 3.07. The second kappa shape index (κ2) is 4.09. The van der Waals surface area contributed by atoms with Crippen LogP contribution in [-0.4, -0.2) is 28.1 Å². The SMILES string of the molecule is NC(=O)c1cccnc1NC1(CO)CCC1. The van der Waals surface area contributed by atoms with Gasteiger partial charge in [-0.15, -0.1) is 0 Å². The molecule has 1 aliphatic rings. The van der Waals surface area contributed by atoms with Crippen molar-refractivity contribution in [2.75, 3.05) is 11.9 Å². The van der Waals surface area contributed by atoms with Gasteiger partial charge in [-0.3, -0.25) is 4.79 Å². The molecule has 0 atom stereocenters. The van der Waals surface area contributed by atoms with E-state index in [1.165, 1.54) is 0 Å². The summed E-state index contributed by atoms with van der Waals surface area (Å²) in [7, 11) is 0. The molecule has 0 unspecified atom stereocenters. The molecule has 0 spiro atoms. The lowest BCUT2D eigenvalue weighted by Gasteiger charge is -2.41. The Labute approximate surface area is 93.7 Å². The highest BCUT2D eigenvalue weighted by molar-refractivity contribution is 5.97. The molecule has 4 N–H and O–H groups in total. The molecular weight excluding hydrogens is 206 g/mol.